The lowest BCUT2D eigenvalue weighted by atomic mass is 10.2. The summed E-state index contributed by atoms with van der Waals surface area (Å²) in [6.45, 7) is 0. The van der Waals surface area contributed by atoms with Crippen LogP contribution < -0.4 is 0 Å². The highest BCUT2D eigenvalue weighted by atomic mass is 35.5. The third-order valence-electron chi connectivity index (χ3n) is 1.45. The molecule has 0 N–H and O–H groups in total. The lowest BCUT2D eigenvalue weighted by Crippen LogP contribution is -1.98. The van der Waals surface area contributed by atoms with Gasteiger partial charge in [-0.15, -0.1) is 0 Å². The van der Waals surface area contributed by atoms with Crippen molar-refractivity contribution in [3.05, 3.63) is 34.9 Å². The normalized spacial score (nSPS) is 12.8. The number of aryl methyl sites for hydroxylation is 1. The predicted molar refractivity (Wildman–Crippen MR) is 48.9 cm³/mol. The Bertz CT molecular complexity index is 288. The molecule has 0 radical (unpaired) electrons. The number of halogens is 1. The van der Waals surface area contributed by atoms with Crippen LogP contribution in [0, 0.1) is 0 Å². The van der Waals surface area contributed by atoms with Crippen LogP contribution in [0.25, 0.3) is 0 Å². The molecule has 1 rings (SSSR count). The maximum absolute atomic E-state index is 10.2. The Morgan fingerprint density at radius 2 is 2.25 bits per heavy atom. The van der Waals surface area contributed by atoms with Crippen molar-refractivity contribution in [3.63, 3.8) is 0 Å². The highest BCUT2D eigenvalue weighted by molar-refractivity contribution is 7.79. The fourth-order valence-electron chi connectivity index (χ4n) is 0.894. The van der Waals surface area contributed by atoms with E-state index in [2.05, 4.69) is 0 Å². The number of hydrogen-bond donors (Lipinski definition) is 0. The zero-order valence-electron chi connectivity index (χ0n) is 6.33. The molecule has 0 bridgehead atoms. The maximum Gasteiger partial charge on any atom is 0.0408 e. The largest absolute Gasteiger partial charge is 0.772 e. The van der Waals surface area contributed by atoms with E-state index in [0.717, 1.165) is 5.56 Å². The minimum absolute atomic E-state index is 0.153. The zero-order valence-corrected chi connectivity index (χ0v) is 7.90. The van der Waals surface area contributed by atoms with Crippen LogP contribution in [0.4, 0.5) is 0 Å². The molecule has 0 saturated heterocycles. The Labute approximate surface area is 78.8 Å². The van der Waals surface area contributed by atoms with Crippen LogP contribution in [0.15, 0.2) is 24.3 Å². The molecule has 0 heterocycles. The van der Waals surface area contributed by atoms with Gasteiger partial charge in [0.2, 0.25) is 0 Å². The molecule has 12 heavy (non-hydrogen) atoms. The minimum Gasteiger partial charge on any atom is -0.772 e. The molecule has 66 valence electrons. The van der Waals surface area contributed by atoms with Crippen molar-refractivity contribution >= 4 is 22.7 Å². The summed E-state index contributed by atoms with van der Waals surface area (Å²) < 4.78 is 20.4. The van der Waals surface area contributed by atoms with Gasteiger partial charge in [-0.25, -0.2) is 0 Å². The summed E-state index contributed by atoms with van der Waals surface area (Å²) in [5, 5.41) is 0.643. The van der Waals surface area contributed by atoms with E-state index in [1.807, 2.05) is 12.1 Å². The first-order valence-electron chi connectivity index (χ1n) is 3.49. The van der Waals surface area contributed by atoms with E-state index in [9.17, 15) is 8.76 Å². The molecule has 1 atom stereocenters. The van der Waals surface area contributed by atoms with Gasteiger partial charge in [0.25, 0.3) is 0 Å². The second-order valence-electron chi connectivity index (χ2n) is 2.39. The Morgan fingerprint density at radius 1 is 1.50 bits per heavy atom. The molecule has 4 heteroatoms. The van der Waals surface area contributed by atoms with E-state index < -0.39 is 11.1 Å². The van der Waals surface area contributed by atoms with Crippen molar-refractivity contribution in [2.24, 2.45) is 0 Å². The summed E-state index contributed by atoms with van der Waals surface area (Å²) in [6.07, 6.45) is 0.524. The van der Waals surface area contributed by atoms with Gasteiger partial charge in [0.15, 0.2) is 0 Å². The smallest absolute Gasteiger partial charge is 0.0408 e. The number of rotatable bonds is 3. The zero-order chi connectivity index (χ0) is 8.97. The molecule has 0 amide bonds. The molecular weight excluding hydrogens is 196 g/mol. The van der Waals surface area contributed by atoms with E-state index in [0.29, 0.717) is 11.4 Å². The van der Waals surface area contributed by atoms with E-state index in [1.54, 1.807) is 12.1 Å². The van der Waals surface area contributed by atoms with Crippen LogP contribution in [-0.2, 0) is 17.5 Å². The van der Waals surface area contributed by atoms with Gasteiger partial charge in [-0.3, -0.25) is 4.21 Å². The van der Waals surface area contributed by atoms with Gasteiger partial charge in [0.1, 0.15) is 0 Å². The fourth-order valence-corrected chi connectivity index (χ4v) is 1.51. The second kappa shape index (κ2) is 4.60. The molecule has 0 fully saturated rings. The van der Waals surface area contributed by atoms with Gasteiger partial charge < -0.3 is 4.55 Å². The first-order valence-corrected chi connectivity index (χ1v) is 5.11. The molecule has 2 nitrogen and oxygen atoms in total. The van der Waals surface area contributed by atoms with Gasteiger partial charge in [-0.2, -0.15) is 0 Å². The molecule has 0 aliphatic rings. The molecule has 1 unspecified atom stereocenters. The highest BCUT2D eigenvalue weighted by Crippen LogP contribution is 2.10. The third-order valence-corrected chi connectivity index (χ3v) is 2.22. The Hall–Kier alpha value is -0.380. The van der Waals surface area contributed by atoms with Crippen LogP contribution in [0.3, 0.4) is 0 Å². The van der Waals surface area contributed by atoms with Crippen molar-refractivity contribution < 1.29 is 8.76 Å². The van der Waals surface area contributed by atoms with Crippen LogP contribution in [0.5, 0.6) is 0 Å². The van der Waals surface area contributed by atoms with Crippen LogP contribution in [0.2, 0.25) is 5.02 Å². The molecule has 1 aromatic carbocycles. The second-order valence-corrected chi connectivity index (χ2v) is 3.84. The molecule has 0 spiro atoms. The van der Waals surface area contributed by atoms with Crippen LogP contribution >= 0.6 is 11.6 Å². The van der Waals surface area contributed by atoms with Crippen molar-refractivity contribution in [2.75, 3.05) is 5.75 Å². The third kappa shape index (κ3) is 3.34. The highest BCUT2D eigenvalue weighted by Gasteiger charge is 1.93. The first kappa shape index (κ1) is 9.71. The number of hydrogen-bond acceptors (Lipinski definition) is 2. The van der Waals surface area contributed by atoms with Crippen LogP contribution in [-0.4, -0.2) is 14.5 Å². The summed E-state index contributed by atoms with van der Waals surface area (Å²) in [5.74, 6) is 0.153. The van der Waals surface area contributed by atoms with Gasteiger partial charge in [-0.05, 0) is 24.1 Å². The molecule has 0 saturated carbocycles. The van der Waals surface area contributed by atoms with E-state index in [4.69, 9.17) is 11.6 Å². The summed E-state index contributed by atoms with van der Waals surface area (Å²) in [7, 11) is 0. The Kier molecular flexibility index (Phi) is 3.72. The standard InChI is InChI=1S/C8H9ClO2S/c9-8-3-1-2-7(6-8)4-5-12(10)11/h1-3,6H,4-5H2,(H,10,11)/p-1. The van der Waals surface area contributed by atoms with Gasteiger partial charge in [0, 0.05) is 10.8 Å². The van der Waals surface area contributed by atoms with Gasteiger partial charge >= 0.3 is 0 Å². The quantitative estimate of drug-likeness (QED) is 0.703. The summed E-state index contributed by atoms with van der Waals surface area (Å²) in [5.41, 5.74) is 0.951. The van der Waals surface area contributed by atoms with Crippen molar-refractivity contribution in [1.29, 1.82) is 0 Å². The molecule has 1 aromatic rings. The molecule has 0 aliphatic carbocycles. The molecule has 0 aromatic heterocycles. The van der Waals surface area contributed by atoms with Gasteiger partial charge in [0.05, 0.1) is 0 Å². The first-order chi connectivity index (χ1) is 5.68. The summed E-state index contributed by atoms with van der Waals surface area (Å²) in [4.78, 5) is 0. The number of benzene rings is 1. The fraction of sp³-hybridized carbons (Fsp3) is 0.250. The van der Waals surface area contributed by atoms with Crippen molar-refractivity contribution in [2.45, 2.75) is 6.42 Å². The molecule has 0 aliphatic heterocycles. The molecular formula is C8H8ClO2S-. The Morgan fingerprint density at radius 3 is 2.83 bits per heavy atom. The average molecular weight is 204 g/mol. The van der Waals surface area contributed by atoms with E-state index >= 15 is 0 Å². The van der Waals surface area contributed by atoms with E-state index in [1.165, 1.54) is 0 Å². The topological polar surface area (TPSA) is 40.1 Å². The predicted octanol–water partition coefficient (Wildman–Crippen LogP) is 1.76. The van der Waals surface area contributed by atoms with Crippen LogP contribution in [0.1, 0.15) is 5.56 Å². The monoisotopic (exact) mass is 203 g/mol. The summed E-state index contributed by atoms with van der Waals surface area (Å²) in [6, 6.07) is 7.21. The lowest BCUT2D eigenvalue weighted by molar-refractivity contribution is 0.536. The minimum atomic E-state index is -1.97. The van der Waals surface area contributed by atoms with E-state index in [-0.39, 0.29) is 5.75 Å². The maximum atomic E-state index is 10.2. The van der Waals surface area contributed by atoms with Crippen molar-refractivity contribution in [1.82, 2.24) is 0 Å². The van der Waals surface area contributed by atoms with Gasteiger partial charge in [-0.1, -0.05) is 34.8 Å². The van der Waals surface area contributed by atoms with Crippen molar-refractivity contribution in [3.8, 4) is 0 Å². The summed E-state index contributed by atoms with van der Waals surface area (Å²) >= 11 is 3.74. The SMILES string of the molecule is O=S([O-])CCc1cccc(Cl)c1. The average Bonchev–Trinajstić information content (AvgIpc) is 2.01. The Balaban J connectivity index is 2.57. The lowest BCUT2D eigenvalue weighted by Gasteiger charge is -2.04.